The van der Waals surface area contributed by atoms with Crippen LogP contribution in [0.15, 0.2) is 18.2 Å². The zero-order chi connectivity index (χ0) is 13.9. The van der Waals surface area contributed by atoms with E-state index in [1.807, 2.05) is 0 Å². The highest BCUT2D eigenvalue weighted by molar-refractivity contribution is 5.67. The van der Waals surface area contributed by atoms with Gasteiger partial charge in [0.15, 0.2) is 0 Å². The molecule has 0 heterocycles. The third-order valence-electron chi connectivity index (χ3n) is 2.87. The lowest BCUT2D eigenvalue weighted by Crippen LogP contribution is -2.28. The maximum absolute atomic E-state index is 13.7. The molecule has 1 N–H and O–H groups in total. The van der Waals surface area contributed by atoms with Crippen LogP contribution in [0.1, 0.15) is 24.9 Å². The first-order valence-electron chi connectivity index (χ1n) is 5.66. The van der Waals surface area contributed by atoms with E-state index < -0.39 is 23.6 Å². The number of hydrogen-bond donors (Lipinski definition) is 1. The highest BCUT2D eigenvalue weighted by Gasteiger charge is 2.26. The zero-order valence-corrected chi connectivity index (χ0v) is 10.7. The number of rotatable bonds is 5. The summed E-state index contributed by atoms with van der Waals surface area (Å²) in [6.07, 6.45) is -0.0698. The van der Waals surface area contributed by atoms with E-state index in [9.17, 15) is 13.6 Å². The first-order chi connectivity index (χ1) is 8.32. The van der Waals surface area contributed by atoms with Crippen molar-refractivity contribution in [1.82, 2.24) is 4.90 Å². The summed E-state index contributed by atoms with van der Waals surface area (Å²) < 4.78 is 26.6. The summed E-state index contributed by atoms with van der Waals surface area (Å²) in [5.74, 6) is -2.50. The molecule has 0 bridgehead atoms. The zero-order valence-electron chi connectivity index (χ0n) is 10.7. The number of carboxylic acid groups (broad SMARTS) is 1. The Labute approximate surface area is 105 Å². The molecule has 100 valence electrons. The fraction of sp³-hybridized carbons (Fsp3) is 0.462. The number of benzene rings is 1. The molecule has 2 unspecified atom stereocenters. The normalized spacial score (nSPS) is 14.6. The van der Waals surface area contributed by atoms with E-state index in [1.54, 1.807) is 25.9 Å². The lowest BCUT2D eigenvalue weighted by molar-refractivity contribution is -0.138. The molecule has 18 heavy (non-hydrogen) atoms. The van der Waals surface area contributed by atoms with Crippen LogP contribution in [0.2, 0.25) is 0 Å². The molecule has 0 saturated heterocycles. The summed E-state index contributed by atoms with van der Waals surface area (Å²) in [6, 6.07) is 2.97. The molecular formula is C13H17F2NO2. The molecule has 3 nitrogen and oxygen atoms in total. The van der Waals surface area contributed by atoms with Crippen LogP contribution < -0.4 is 0 Å². The Morgan fingerprint density at radius 1 is 1.39 bits per heavy atom. The van der Waals surface area contributed by atoms with Crippen LogP contribution in [0.3, 0.4) is 0 Å². The van der Waals surface area contributed by atoms with Crippen molar-refractivity contribution in [3.63, 3.8) is 0 Å². The maximum Gasteiger partial charge on any atom is 0.303 e. The van der Waals surface area contributed by atoms with E-state index in [0.29, 0.717) is 5.56 Å². The molecule has 0 aliphatic carbocycles. The second-order valence-corrected chi connectivity index (χ2v) is 4.65. The van der Waals surface area contributed by atoms with Crippen molar-refractivity contribution in [1.29, 1.82) is 0 Å². The third kappa shape index (κ3) is 3.50. The van der Waals surface area contributed by atoms with Crippen molar-refractivity contribution in [2.24, 2.45) is 5.92 Å². The van der Waals surface area contributed by atoms with Crippen LogP contribution in [0.5, 0.6) is 0 Å². The first kappa shape index (κ1) is 14.6. The van der Waals surface area contributed by atoms with Crippen molar-refractivity contribution >= 4 is 5.97 Å². The van der Waals surface area contributed by atoms with E-state index in [0.717, 1.165) is 6.07 Å². The van der Waals surface area contributed by atoms with Gasteiger partial charge in [-0.3, -0.25) is 4.79 Å². The highest BCUT2D eigenvalue weighted by Crippen LogP contribution is 2.31. The molecule has 0 aromatic heterocycles. The summed E-state index contributed by atoms with van der Waals surface area (Å²) in [5.41, 5.74) is 0.315. The van der Waals surface area contributed by atoms with Crippen molar-refractivity contribution in [3.05, 3.63) is 35.4 Å². The summed E-state index contributed by atoms with van der Waals surface area (Å²) in [6.45, 7) is 1.74. The number of nitrogens with zero attached hydrogens (tertiary/aromatic N) is 1. The molecule has 0 saturated carbocycles. The Bertz CT molecular complexity index is 435. The molecule has 1 aromatic rings. The third-order valence-corrected chi connectivity index (χ3v) is 2.87. The Hall–Kier alpha value is -1.49. The minimum Gasteiger partial charge on any atom is -0.481 e. The Morgan fingerprint density at radius 3 is 2.44 bits per heavy atom. The van der Waals surface area contributed by atoms with Crippen molar-refractivity contribution in [3.8, 4) is 0 Å². The van der Waals surface area contributed by atoms with Gasteiger partial charge in [-0.05, 0) is 26.1 Å². The predicted molar refractivity (Wildman–Crippen MR) is 64.2 cm³/mol. The minimum atomic E-state index is -0.933. The van der Waals surface area contributed by atoms with Gasteiger partial charge < -0.3 is 10.0 Å². The second kappa shape index (κ2) is 5.91. The number of halogens is 2. The largest absolute Gasteiger partial charge is 0.481 e. The monoisotopic (exact) mass is 257 g/mol. The fourth-order valence-electron chi connectivity index (χ4n) is 2.22. The molecule has 5 heteroatoms. The number of carboxylic acids is 1. The van der Waals surface area contributed by atoms with Crippen LogP contribution in [0.25, 0.3) is 0 Å². The molecule has 0 fully saturated rings. The first-order valence-corrected chi connectivity index (χ1v) is 5.66. The quantitative estimate of drug-likeness (QED) is 0.881. The molecular weight excluding hydrogens is 240 g/mol. The Balaban J connectivity index is 3.08. The van der Waals surface area contributed by atoms with Crippen LogP contribution in [0, 0.1) is 17.6 Å². The highest BCUT2D eigenvalue weighted by atomic mass is 19.1. The minimum absolute atomic E-state index is 0.0698. The fourth-order valence-corrected chi connectivity index (χ4v) is 2.22. The second-order valence-electron chi connectivity index (χ2n) is 4.65. The molecule has 0 radical (unpaired) electrons. The average molecular weight is 257 g/mol. The molecule has 0 aliphatic heterocycles. The van der Waals surface area contributed by atoms with E-state index in [2.05, 4.69) is 0 Å². The topological polar surface area (TPSA) is 40.5 Å². The van der Waals surface area contributed by atoms with E-state index in [4.69, 9.17) is 5.11 Å². The molecule has 2 atom stereocenters. The predicted octanol–water partition coefficient (Wildman–Crippen LogP) is 2.68. The van der Waals surface area contributed by atoms with Gasteiger partial charge in [0.2, 0.25) is 0 Å². The Kier molecular flexibility index (Phi) is 4.78. The van der Waals surface area contributed by atoms with Gasteiger partial charge >= 0.3 is 5.97 Å². The van der Waals surface area contributed by atoms with Gasteiger partial charge in [0.25, 0.3) is 0 Å². The molecule has 0 spiro atoms. The SMILES string of the molecule is CC(CC(=O)O)C(c1ccc(F)cc1F)N(C)C. The van der Waals surface area contributed by atoms with Gasteiger partial charge in [-0.25, -0.2) is 8.78 Å². The Morgan fingerprint density at radius 2 is 2.00 bits per heavy atom. The van der Waals surface area contributed by atoms with Gasteiger partial charge in [-0.2, -0.15) is 0 Å². The average Bonchev–Trinajstić information content (AvgIpc) is 2.20. The van der Waals surface area contributed by atoms with E-state index in [-0.39, 0.29) is 12.3 Å². The standard InChI is InChI=1S/C13H17F2NO2/c1-8(6-12(17)18)13(16(2)3)10-5-4-9(14)7-11(10)15/h4-5,7-8,13H,6H2,1-3H3,(H,17,18). The summed E-state index contributed by atoms with van der Waals surface area (Å²) in [7, 11) is 3.48. The lowest BCUT2D eigenvalue weighted by atomic mass is 9.90. The van der Waals surface area contributed by atoms with Crippen molar-refractivity contribution in [2.45, 2.75) is 19.4 Å². The molecule has 0 amide bonds. The summed E-state index contributed by atoms with van der Waals surface area (Å²) in [4.78, 5) is 12.5. The molecule has 1 rings (SSSR count). The lowest BCUT2D eigenvalue weighted by Gasteiger charge is -2.30. The molecule has 1 aromatic carbocycles. The van der Waals surface area contributed by atoms with E-state index >= 15 is 0 Å². The van der Waals surface area contributed by atoms with Gasteiger partial charge in [-0.15, -0.1) is 0 Å². The maximum atomic E-state index is 13.7. The summed E-state index contributed by atoms with van der Waals surface area (Å²) >= 11 is 0. The number of aliphatic carboxylic acids is 1. The van der Waals surface area contributed by atoms with Crippen LogP contribution in [-0.2, 0) is 4.79 Å². The summed E-state index contributed by atoms with van der Waals surface area (Å²) in [5, 5.41) is 8.80. The smallest absolute Gasteiger partial charge is 0.303 e. The van der Waals surface area contributed by atoms with E-state index in [1.165, 1.54) is 12.1 Å². The van der Waals surface area contributed by atoms with Gasteiger partial charge in [-0.1, -0.05) is 13.0 Å². The van der Waals surface area contributed by atoms with Gasteiger partial charge in [0.05, 0.1) is 0 Å². The van der Waals surface area contributed by atoms with Crippen LogP contribution in [-0.4, -0.2) is 30.1 Å². The van der Waals surface area contributed by atoms with Crippen LogP contribution in [0.4, 0.5) is 8.78 Å². The van der Waals surface area contributed by atoms with Crippen LogP contribution >= 0.6 is 0 Å². The molecule has 0 aliphatic rings. The van der Waals surface area contributed by atoms with Gasteiger partial charge in [0, 0.05) is 24.1 Å². The van der Waals surface area contributed by atoms with Crippen molar-refractivity contribution in [2.75, 3.05) is 14.1 Å². The van der Waals surface area contributed by atoms with Crippen molar-refractivity contribution < 1.29 is 18.7 Å². The van der Waals surface area contributed by atoms with Gasteiger partial charge in [0.1, 0.15) is 11.6 Å². The number of hydrogen-bond acceptors (Lipinski definition) is 2. The number of carbonyl (C=O) groups is 1.